The van der Waals surface area contributed by atoms with E-state index in [0.717, 1.165) is 18.3 Å². The largest absolute Gasteiger partial charge is 1.00 e. The quantitative estimate of drug-likeness (QED) is 0.326. The minimum atomic E-state index is -1.54. The standard InChI is InChI=1S/C10H11NO5.ClH.K.Pt/c12-5-8(10(15)16)11-4-6-3-7(13)1-2-9(6)14;;;/h1-4,8,12-14H,5H2,(H,15,16);1H;;/q;;+1;+2/p-3/t8-;;;/m0.../s1. The third-order valence-corrected chi connectivity index (χ3v) is 1.83. The summed E-state index contributed by atoms with van der Waals surface area (Å²) in [4.78, 5) is 13.9. The number of hydrogen-bond acceptors (Lipinski definition) is 6. The van der Waals surface area contributed by atoms with Gasteiger partial charge in [-0.15, -0.1) is 0 Å². The summed E-state index contributed by atoms with van der Waals surface area (Å²) in [5.74, 6) is -2.07. The fourth-order valence-electron chi connectivity index (χ4n) is 0.990. The van der Waals surface area contributed by atoms with E-state index in [1.165, 1.54) is 6.07 Å². The number of aliphatic imine (C=N–C) groups is 1. The predicted molar refractivity (Wildman–Crippen MR) is 56.9 cm³/mol. The summed E-state index contributed by atoms with van der Waals surface area (Å²) in [6.07, 6.45) is 0.985. The Kier molecular flexibility index (Phi) is 14.1. The maximum absolute atomic E-state index is 11.2. The first-order valence-electron chi connectivity index (χ1n) is 4.51. The van der Waals surface area contributed by atoms with Gasteiger partial charge in [-0.05, 0) is 17.7 Å². The van der Waals surface area contributed by atoms with Crippen LogP contribution in [0.1, 0.15) is 5.56 Å². The van der Waals surface area contributed by atoms with Gasteiger partial charge in [0.1, 0.15) is 11.8 Å². The van der Waals surface area contributed by atoms with Gasteiger partial charge < -0.3 is 25.2 Å². The average Bonchev–Trinajstić information content (AvgIpc) is 2.36. The van der Waals surface area contributed by atoms with E-state index >= 15 is 0 Å². The molecule has 1 rings (SSSR count). The Morgan fingerprint density at radius 1 is 1.53 bits per heavy atom. The zero-order valence-corrected chi connectivity index (χ0v) is 16.0. The van der Waals surface area contributed by atoms with E-state index in [1.807, 2.05) is 0 Å². The van der Waals surface area contributed by atoms with E-state index in [-0.39, 0.29) is 62.7 Å². The Morgan fingerprint density at radius 3 is 2.58 bits per heavy atom. The van der Waals surface area contributed by atoms with E-state index < -0.39 is 24.4 Å². The maximum Gasteiger partial charge on any atom is 1.00 e. The van der Waals surface area contributed by atoms with Crippen molar-refractivity contribution < 1.29 is 95.4 Å². The number of aliphatic hydroxyl groups excluding tert-OH is 1. The molecule has 1 aromatic rings. The molecule has 9 heteroatoms. The molecule has 1 aromatic carbocycles. The number of phenols is 1. The first-order chi connectivity index (χ1) is 8.54. The van der Waals surface area contributed by atoms with Crippen LogP contribution >= 0.6 is 9.42 Å². The van der Waals surface area contributed by atoms with Gasteiger partial charge in [-0.25, -0.2) is 0 Å². The summed E-state index contributed by atoms with van der Waals surface area (Å²) in [5.41, 5.74) is 0.0414. The van der Waals surface area contributed by atoms with E-state index in [4.69, 9.17) is 10.2 Å². The number of rotatable bonds is 4. The number of phenolic OH excluding ortho intramolecular Hbond substituents is 1. The van der Waals surface area contributed by atoms with E-state index in [0.29, 0.717) is 0 Å². The van der Waals surface area contributed by atoms with Crippen LogP contribution in [0, 0.1) is 0 Å². The summed E-state index contributed by atoms with van der Waals surface area (Å²) in [6.45, 7) is -0.716. The number of aliphatic hydroxyl groups is 1. The topological polar surface area (TPSA) is 116 Å². The molecule has 0 radical (unpaired) electrons. The maximum atomic E-state index is 11.2. The number of aliphatic carboxylic acids is 1. The molecular formula is C10H9ClKNO5Pt. The van der Waals surface area contributed by atoms with Crippen molar-refractivity contribution in [3.63, 3.8) is 0 Å². The minimum absolute atomic E-state index is 0. The van der Waals surface area contributed by atoms with Crippen molar-refractivity contribution in [1.82, 2.24) is 0 Å². The van der Waals surface area contributed by atoms with Gasteiger partial charge >= 0.3 is 79.6 Å². The monoisotopic (exact) mass is 492 g/mol. The molecule has 0 saturated heterocycles. The van der Waals surface area contributed by atoms with Crippen LogP contribution in [-0.4, -0.2) is 35.0 Å². The summed E-state index contributed by atoms with van der Waals surface area (Å²) in [5, 5.41) is 39.3. The summed E-state index contributed by atoms with van der Waals surface area (Å²) in [7, 11) is 4.61. The minimum Gasteiger partial charge on any atom is 1.00 e. The number of benzene rings is 1. The molecule has 0 fully saturated rings. The molecule has 2 N–H and O–H groups in total. The van der Waals surface area contributed by atoms with Gasteiger partial charge in [-0.2, -0.15) is 0 Å². The number of halogens is 1. The smallest absolute Gasteiger partial charge is 1.00 e. The zero-order valence-electron chi connectivity index (χ0n) is 9.85. The first-order valence-corrected chi connectivity index (χ1v) is 7.33. The predicted octanol–water partition coefficient (Wildman–Crippen LogP) is -4.31. The van der Waals surface area contributed by atoms with Gasteiger partial charge in [0.05, 0.1) is 12.6 Å². The molecule has 102 valence electrons. The molecule has 0 aliphatic heterocycles. The molecule has 0 unspecified atom stereocenters. The van der Waals surface area contributed by atoms with Gasteiger partial charge in [-0.1, -0.05) is 11.8 Å². The molecular weight excluding hydrogens is 484 g/mol. The molecule has 19 heavy (non-hydrogen) atoms. The van der Waals surface area contributed by atoms with Crippen LogP contribution in [0.3, 0.4) is 0 Å². The van der Waals surface area contributed by atoms with Crippen molar-refractivity contribution in [3.8, 4) is 11.5 Å². The zero-order chi connectivity index (χ0) is 14.1. The molecule has 0 aromatic heterocycles. The second-order valence-electron chi connectivity index (χ2n) is 3.02. The van der Waals surface area contributed by atoms with Gasteiger partial charge in [0, 0.05) is 6.21 Å². The molecule has 0 spiro atoms. The number of carboxylic acids is 1. The number of carboxylic acid groups (broad SMARTS) is 1. The Bertz CT molecular complexity index is 432. The second kappa shape index (κ2) is 12.3. The molecule has 0 amide bonds. The Morgan fingerprint density at radius 2 is 2.11 bits per heavy atom. The SMILES string of the molecule is O=C([O-])[C@H](CO)N=Cc1cc(O)ccc1[O-].[Cl][Pt+].[K+]. The summed E-state index contributed by atoms with van der Waals surface area (Å²) < 4.78 is 0. The third-order valence-electron chi connectivity index (χ3n) is 1.83. The summed E-state index contributed by atoms with van der Waals surface area (Å²) in [6, 6.07) is 2.07. The molecule has 1 atom stereocenters. The van der Waals surface area contributed by atoms with Gasteiger partial charge in [0.2, 0.25) is 0 Å². The number of carbonyl (C=O) groups is 1. The third kappa shape index (κ3) is 8.42. The first kappa shape index (κ1) is 21.8. The van der Waals surface area contributed by atoms with Crippen LogP contribution in [-0.2, 0) is 23.6 Å². The molecule has 0 aliphatic rings. The van der Waals surface area contributed by atoms with Crippen molar-refractivity contribution >= 4 is 21.6 Å². The molecule has 0 saturated carbocycles. The van der Waals surface area contributed by atoms with Crippen molar-refractivity contribution in [2.45, 2.75) is 6.04 Å². The van der Waals surface area contributed by atoms with Gasteiger partial charge in [0.15, 0.2) is 0 Å². The van der Waals surface area contributed by atoms with E-state index in [1.54, 1.807) is 18.8 Å². The Labute approximate surface area is 167 Å². The van der Waals surface area contributed by atoms with Crippen LogP contribution in [0.4, 0.5) is 0 Å². The average molecular weight is 493 g/mol. The fourth-order valence-corrected chi connectivity index (χ4v) is 0.990. The van der Waals surface area contributed by atoms with Crippen LogP contribution < -0.4 is 61.6 Å². The van der Waals surface area contributed by atoms with Crippen LogP contribution in [0.15, 0.2) is 23.2 Å². The van der Waals surface area contributed by atoms with Crippen molar-refractivity contribution in [1.29, 1.82) is 0 Å². The number of carbonyl (C=O) groups excluding carboxylic acids is 1. The molecule has 0 heterocycles. The van der Waals surface area contributed by atoms with E-state index in [9.17, 15) is 15.0 Å². The second-order valence-corrected chi connectivity index (χ2v) is 3.02. The molecule has 0 bridgehead atoms. The van der Waals surface area contributed by atoms with Crippen LogP contribution in [0.2, 0.25) is 0 Å². The summed E-state index contributed by atoms with van der Waals surface area (Å²) >= 11 is 1.61. The fraction of sp³-hybridized carbons (Fsp3) is 0.200. The van der Waals surface area contributed by atoms with Gasteiger partial charge in [-0.3, -0.25) is 4.99 Å². The van der Waals surface area contributed by atoms with Crippen molar-refractivity contribution in [2.24, 2.45) is 4.99 Å². The Balaban J connectivity index is 0. The van der Waals surface area contributed by atoms with E-state index in [2.05, 4.69) is 14.4 Å². The number of nitrogens with zero attached hydrogens (tertiary/aromatic N) is 1. The van der Waals surface area contributed by atoms with Crippen LogP contribution in [0.5, 0.6) is 11.5 Å². The number of aromatic hydroxyl groups is 1. The van der Waals surface area contributed by atoms with Crippen molar-refractivity contribution in [3.05, 3.63) is 23.8 Å². The van der Waals surface area contributed by atoms with Crippen LogP contribution in [0.25, 0.3) is 0 Å². The Hall–Kier alpha value is 0.535. The molecule has 6 nitrogen and oxygen atoms in total. The normalized spacial score (nSPS) is 11.2. The molecule has 0 aliphatic carbocycles. The number of hydrogen-bond donors (Lipinski definition) is 2. The van der Waals surface area contributed by atoms with Gasteiger partial charge in [0.25, 0.3) is 0 Å². The van der Waals surface area contributed by atoms with Crippen molar-refractivity contribution in [2.75, 3.05) is 6.61 Å².